The third-order valence-corrected chi connectivity index (χ3v) is 8.63. The Morgan fingerprint density at radius 1 is 0.975 bits per heavy atom. The molecule has 8 nitrogen and oxygen atoms in total. The minimum Gasteiger partial charge on any atom is -0.497 e. The van der Waals surface area contributed by atoms with Gasteiger partial charge in [0.2, 0.25) is 11.8 Å². The van der Waals surface area contributed by atoms with Crippen LogP contribution in [0.4, 0.5) is 5.69 Å². The van der Waals surface area contributed by atoms with Crippen LogP contribution in [0, 0.1) is 6.92 Å². The second kappa shape index (κ2) is 13.7. The topological polar surface area (TPSA) is 96.0 Å². The second-order valence-corrected chi connectivity index (χ2v) is 11.9. The van der Waals surface area contributed by atoms with Gasteiger partial charge in [-0.25, -0.2) is 8.42 Å². The lowest BCUT2D eigenvalue weighted by Crippen LogP contribution is -2.53. The van der Waals surface area contributed by atoms with E-state index in [-0.39, 0.29) is 29.1 Å². The Morgan fingerprint density at radius 3 is 2.20 bits per heavy atom. The van der Waals surface area contributed by atoms with E-state index in [4.69, 9.17) is 16.3 Å². The van der Waals surface area contributed by atoms with Gasteiger partial charge in [0.1, 0.15) is 18.3 Å². The van der Waals surface area contributed by atoms with Gasteiger partial charge in [-0.05, 0) is 74.7 Å². The van der Waals surface area contributed by atoms with Gasteiger partial charge in [-0.3, -0.25) is 13.9 Å². The van der Waals surface area contributed by atoms with Gasteiger partial charge >= 0.3 is 0 Å². The number of halogens is 1. The minimum absolute atomic E-state index is 0.0356. The molecule has 10 heteroatoms. The van der Waals surface area contributed by atoms with Gasteiger partial charge in [0.05, 0.1) is 17.7 Å². The predicted octanol–water partition coefficient (Wildman–Crippen LogP) is 5.18. The Kier molecular flexibility index (Phi) is 10.6. The fourth-order valence-corrected chi connectivity index (χ4v) is 5.99. The highest BCUT2D eigenvalue weighted by Gasteiger charge is 2.34. The normalized spacial score (nSPS) is 12.1. The minimum atomic E-state index is -4.17. The molecule has 0 fully saturated rings. The van der Waals surface area contributed by atoms with Gasteiger partial charge in [0.15, 0.2) is 0 Å². The molecule has 0 aliphatic heterocycles. The number of nitrogens with zero attached hydrogens (tertiary/aromatic N) is 2. The van der Waals surface area contributed by atoms with E-state index in [0.29, 0.717) is 22.8 Å². The molecule has 0 aromatic heterocycles. The van der Waals surface area contributed by atoms with Gasteiger partial charge < -0.3 is 15.0 Å². The van der Waals surface area contributed by atoms with E-state index in [0.717, 1.165) is 9.87 Å². The van der Waals surface area contributed by atoms with Crippen molar-refractivity contribution in [2.24, 2.45) is 0 Å². The maximum absolute atomic E-state index is 14.1. The molecule has 0 heterocycles. The molecule has 3 aromatic rings. The molecular formula is C30H36ClN3O5S. The molecule has 0 radical (unpaired) electrons. The van der Waals surface area contributed by atoms with Crippen molar-refractivity contribution in [1.29, 1.82) is 0 Å². The number of carbonyl (C=O) groups is 2. The van der Waals surface area contributed by atoms with Crippen LogP contribution < -0.4 is 14.4 Å². The molecule has 214 valence electrons. The summed E-state index contributed by atoms with van der Waals surface area (Å²) < 4.78 is 34.2. The van der Waals surface area contributed by atoms with Crippen molar-refractivity contribution >= 4 is 39.1 Å². The van der Waals surface area contributed by atoms with E-state index >= 15 is 0 Å². The molecule has 0 saturated carbocycles. The van der Waals surface area contributed by atoms with Crippen molar-refractivity contribution in [3.63, 3.8) is 0 Å². The van der Waals surface area contributed by atoms with Gasteiger partial charge in [0.25, 0.3) is 10.0 Å². The number of anilines is 1. The van der Waals surface area contributed by atoms with Crippen molar-refractivity contribution in [2.45, 2.75) is 57.6 Å². The number of amides is 2. The largest absolute Gasteiger partial charge is 0.497 e. The number of ether oxygens (including phenoxy) is 1. The number of carbonyl (C=O) groups excluding carboxylic acids is 2. The van der Waals surface area contributed by atoms with Crippen molar-refractivity contribution < 1.29 is 22.7 Å². The quantitative estimate of drug-likeness (QED) is 0.316. The lowest BCUT2D eigenvalue weighted by Gasteiger charge is -2.34. The summed E-state index contributed by atoms with van der Waals surface area (Å²) in [5.41, 5.74) is 1.57. The Bertz CT molecular complexity index is 1410. The lowest BCUT2D eigenvalue weighted by molar-refractivity contribution is -0.140. The van der Waals surface area contributed by atoms with E-state index in [1.165, 1.54) is 17.0 Å². The summed E-state index contributed by atoms with van der Waals surface area (Å²) in [6, 6.07) is 19.1. The monoisotopic (exact) mass is 585 g/mol. The molecule has 1 N–H and O–H groups in total. The molecule has 2 amide bonds. The first kappa shape index (κ1) is 31.0. The number of nitrogens with one attached hydrogen (secondary N) is 1. The van der Waals surface area contributed by atoms with E-state index in [1.54, 1.807) is 62.6 Å². The highest BCUT2D eigenvalue weighted by molar-refractivity contribution is 7.92. The Morgan fingerprint density at radius 2 is 1.62 bits per heavy atom. The van der Waals surface area contributed by atoms with E-state index in [1.807, 2.05) is 32.9 Å². The first-order valence-corrected chi connectivity index (χ1v) is 14.9. The zero-order valence-corrected chi connectivity index (χ0v) is 25.0. The highest BCUT2D eigenvalue weighted by Crippen LogP contribution is 2.31. The van der Waals surface area contributed by atoms with E-state index in [9.17, 15) is 18.0 Å². The Labute approximate surface area is 241 Å². The summed E-state index contributed by atoms with van der Waals surface area (Å²) in [6.07, 6.45) is 0.335. The summed E-state index contributed by atoms with van der Waals surface area (Å²) in [6.45, 7) is 6.78. The SMILES string of the molecule is CC[C@H](C(=O)NC(C)C)N(Cc1ccc(OC)cc1)C(=O)CN(c1cccc(Cl)c1C)S(=O)(=O)c1ccccc1. The standard InChI is InChI=1S/C30H36ClN3O5S/c1-6-27(30(36)32-21(2)3)33(19-23-15-17-24(39-5)18-16-23)29(35)20-34(28-14-10-13-26(31)22(28)4)40(37,38)25-11-8-7-9-12-25/h7-18,21,27H,6,19-20H2,1-5H3,(H,32,36)/t27-/m1/s1. The van der Waals surface area contributed by atoms with Crippen LogP contribution in [0.1, 0.15) is 38.3 Å². The molecule has 1 atom stereocenters. The molecule has 0 aliphatic rings. The van der Waals surface area contributed by atoms with Gasteiger partial charge in [-0.2, -0.15) is 0 Å². The van der Waals surface area contributed by atoms with Crippen LogP contribution in [0.3, 0.4) is 0 Å². The summed E-state index contributed by atoms with van der Waals surface area (Å²) in [5.74, 6) is -0.181. The summed E-state index contributed by atoms with van der Waals surface area (Å²) in [7, 11) is -2.60. The lowest BCUT2D eigenvalue weighted by atomic mass is 10.1. The summed E-state index contributed by atoms with van der Waals surface area (Å²) in [4.78, 5) is 28.8. The number of hydrogen-bond acceptors (Lipinski definition) is 5. The van der Waals surface area contributed by atoms with Crippen LogP contribution in [0.15, 0.2) is 77.7 Å². The fourth-order valence-electron chi connectivity index (χ4n) is 4.33. The highest BCUT2D eigenvalue weighted by atomic mass is 35.5. The van der Waals surface area contributed by atoms with Crippen molar-refractivity contribution in [3.8, 4) is 5.75 Å². The Hall–Kier alpha value is -3.56. The van der Waals surface area contributed by atoms with Crippen molar-refractivity contribution in [3.05, 3.63) is 88.9 Å². The first-order chi connectivity index (χ1) is 19.0. The van der Waals surface area contributed by atoms with Crippen LogP contribution in [0.2, 0.25) is 5.02 Å². The van der Waals surface area contributed by atoms with Gasteiger partial charge in [-0.15, -0.1) is 0 Å². The third kappa shape index (κ3) is 7.34. The van der Waals surface area contributed by atoms with Crippen molar-refractivity contribution in [1.82, 2.24) is 10.2 Å². The molecule has 3 rings (SSSR count). The zero-order chi connectivity index (χ0) is 29.4. The molecule has 3 aromatic carbocycles. The van der Waals surface area contributed by atoms with Crippen LogP contribution >= 0.6 is 11.6 Å². The van der Waals surface area contributed by atoms with Gasteiger partial charge in [0, 0.05) is 17.6 Å². The molecular weight excluding hydrogens is 550 g/mol. The van der Waals surface area contributed by atoms with Crippen LogP contribution in [0.25, 0.3) is 0 Å². The maximum atomic E-state index is 14.1. The Balaban J connectivity index is 2.09. The third-order valence-electron chi connectivity index (χ3n) is 6.45. The zero-order valence-electron chi connectivity index (χ0n) is 23.4. The number of sulfonamides is 1. The molecule has 0 spiro atoms. The molecule has 0 aliphatic carbocycles. The number of hydrogen-bond donors (Lipinski definition) is 1. The number of rotatable bonds is 12. The van der Waals surface area contributed by atoms with Crippen LogP contribution in [0.5, 0.6) is 5.75 Å². The molecule has 0 saturated heterocycles. The number of benzene rings is 3. The molecule has 0 unspecified atom stereocenters. The fraction of sp³-hybridized carbons (Fsp3) is 0.333. The second-order valence-electron chi connectivity index (χ2n) is 9.67. The first-order valence-electron chi connectivity index (χ1n) is 13.0. The van der Waals surface area contributed by atoms with E-state index in [2.05, 4.69) is 5.32 Å². The maximum Gasteiger partial charge on any atom is 0.264 e. The summed E-state index contributed by atoms with van der Waals surface area (Å²) >= 11 is 6.37. The van der Waals surface area contributed by atoms with Gasteiger partial charge in [-0.1, -0.05) is 54.9 Å². The van der Waals surface area contributed by atoms with Crippen molar-refractivity contribution in [2.75, 3.05) is 18.0 Å². The average Bonchev–Trinajstić information content (AvgIpc) is 2.93. The van der Waals surface area contributed by atoms with E-state index < -0.39 is 28.5 Å². The smallest absolute Gasteiger partial charge is 0.264 e. The van der Waals surface area contributed by atoms with Crippen LogP contribution in [-0.4, -0.2) is 50.9 Å². The predicted molar refractivity (Wildman–Crippen MR) is 158 cm³/mol. The summed E-state index contributed by atoms with van der Waals surface area (Å²) in [5, 5.41) is 3.26. The molecule has 0 bridgehead atoms. The average molecular weight is 586 g/mol. The molecule has 40 heavy (non-hydrogen) atoms. The number of methoxy groups -OCH3 is 1. The van der Waals surface area contributed by atoms with Crippen LogP contribution in [-0.2, 0) is 26.2 Å².